The van der Waals surface area contributed by atoms with Crippen molar-refractivity contribution in [3.8, 4) is 5.75 Å². The second-order valence-corrected chi connectivity index (χ2v) is 2.57. The third kappa shape index (κ3) is 10.1. The zero-order valence-electron chi connectivity index (χ0n) is 9.03. The van der Waals surface area contributed by atoms with Gasteiger partial charge in [0, 0.05) is 0 Å². The van der Waals surface area contributed by atoms with Crippen molar-refractivity contribution in [2.45, 2.75) is 13.3 Å². The Morgan fingerprint density at radius 1 is 1.33 bits per heavy atom. The molecule has 0 aliphatic rings. The van der Waals surface area contributed by atoms with E-state index in [2.05, 4.69) is 12.4 Å². The van der Waals surface area contributed by atoms with Gasteiger partial charge in [-0.2, -0.15) is 0 Å². The molecule has 2 N–H and O–H groups in total. The molecule has 5 heteroatoms. The van der Waals surface area contributed by atoms with Gasteiger partial charge in [-0.3, -0.25) is 0 Å². The van der Waals surface area contributed by atoms with Crippen LogP contribution in [-0.2, 0) is 0 Å². The zero-order valence-corrected chi connectivity index (χ0v) is 13.2. The van der Waals surface area contributed by atoms with Gasteiger partial charge in [-0.05, 0) is 18.6 Å². The number of nitrogens with zero attached hydrogens (tertiary/aromatic N) is 1. The number of hydrogen-bond acceptors (Lipinski definition) is 2. The van der Waals surface area contributed by atoms with Gasteiger partial charge in [0.05, 0.1) is 6.61 Å². The zero-order chi connectivity index (χ0) is 10.8. The van der Waals surface area contributed by atoms with Gasteiger partial charge in [0.25, 0.3) is 0 Å². The van der Waals surface area contributed by atoms with E-state index in [-0.39, 0.29) is 31.1 Å². The number of benzene rings is 1. The molecule has 0 aromatic heterocycles. The predicted molar refractivity (Wildman–Crippen MR) is 57.3 cm³/mol. The third-order valence-electron chi connectivity index (χ3n) is 1.33. The first-order valence-electron chi connectivity index (χ1n) is 4.42. The van der Waals surface area contributed by atoms with E-state index in [0.29, 0.717) is 5.69 Å². The standard InChI is InChI=1S/C9H12NO.CH4NO.U/c1-2-7-11-9-5-3-8(10)4-6-9;1-2-3;/h3-6,10H,2,7H2,1H3;3H,1H3;/q2*-1;+2. The number of ether oxygens (including phenoxy) is 1. The molecule has 0 spiro atoms. The van der Waals surface area contributed by atoms with Crippen LogP contribution in [0.3, 0.4) is 0 Å². The van der Waals surface area contributed by atoms with Gasteiger partial charge in [0.1, 0.15) is 5.75 Å². The number of nitrogens with one attached hydrogen (secondary N) is 1. The SMILES string of the molecule is CCCOc1ccc([NH-])cc1.C[N-]O.[U+2]. The summed E-state index contributed by atoms with van der Waals surface area (Å²) in [6, 6.07) is 7.09. The summed E-state index contributed by atoms with van der Waals surface area (Å²) in [5, 5.41) is 7.19. The van der Waals surface area contributed by atoms with E-state index in [1.165, 1.54) is 7.05 Å². The average Bonchev–Trinajstić information content (AvgIpc) is 2.18. The van der Waals surface area contributed by atoms with E-state index >= 15 is 0 Å². The summed E-state index contributed by atoms with van der Waals surface area (Å²) >= 11 is 0. The maximum atomic E-state index is 7.21. The molecule has 1 rings (SSSR count). The first-order chi connectivity index (χ1) is 6.74. The molecule has 0 unspecified atom stereocenters. The van der Waals surface area contributed by atoms with Crippen molar-refractivity contribution in [2.75, 3.05) is 13.7 Å². The van der Waals surface area contributed by atoms with E-state index in [4.69, 9.17) is 15.7 Å². The molecule has 0 fully saturated rings. The van der Waals surface area contributed by atoms with Gasteiger partial charge in [0.2, 0.25) is 0 Å². The van der Waals surface area contributed by atoms with Crippen molar-refractivity contribution in [2.24, 2.45) is 0 Å². The first-order valence-corrected chi connectivity index (χ1v) is 4.42. The van der Waals surface area contributed by atoms with Crippen molar-refractivity contribution in [1.29, 1.82) is 0 Å². The Balaban J connectivity index is 0. The Morgan fingerprint density at radius 2 is 1.80 bits per heavy atom. The molecule has 0 saturated carbocycles. The Labute approximate surface area is 115 Å². The minimum atomic E-state index is 0. The number of rotatable bonds is 3. The number of hydroxylamine groups is 1. The second kappa shape index (κ2) is 11.9. The second-order valence-electron chi connectivity index (χ2n) is 2.57. The van der Waals surface area contributed by atoms with E-state index < -0.39 is 0 Å². The molecule has 0 aliphatic heterocycles. The van der Waals surface area contributed by atoms with Gasteiger partial charge >= 0.3 is 31.1 Å². The van der Waals surface area contributed by atoms with Crippen LogP contribution in [0.1, 0.15) is 13.3 Å². The Kier molecular flexibility index (Phi) is 13.6. The molecule has 0 amide bonds. The fraction of sp³-hybridized carbons (Fsp3) is 0.400. The van der Waals surface area contributed by atoms with Crippen LogP contribution in [-0.4, -0.2) is 18.9 Å². The molecule has 0 radical (unpaired) electrons. The fourth-order valence-electron chi connectivity index (χ4n) is 0.771. The molecule has 4 nitrogen and oxygen atoms in total. The van der Waals surface area contributed by atoms with Gasteiger partial charge in [-0.25, -0.2) is 0 Å². The summed E-state index contributed by atoms with van der Waals surface area (Å²) in [6.07, 6.45) is 1.02. The molecule has 0 bridgehead atoms. The van der Waals surface area contributed by atoms with Gasteiger partial charge in [0.15, 0.2) is 0 Å². The summed E-state index contributed by atoms with van der Waals surface area (Å²) in [5.74, 6) is 0.850. The van der Waals surface area contributed by atoms with Gasteiger partial charge in [-0.1, -0.05) is 19.1 Å². The largest absolute Gasteiger partial charge is 2.00 e. The maximum Gasteiger partial charge on any atom is 2.00 e. The van der Waals surface area contributed by atoms with Crippen LogP contribution in [0.2, 0.25) is 0 Å². The van der Waals surface area contributed by atoms with Crippen LogP contribution in [0.4, 0.5) is 5.69 Å². The van der Waals surface area contributed by atoms with Crippen LogP contribution in [0.25, 0.3) is 11.2 Å². The molecule has 0 aliphatic carbocycles. The van der Waals surface area contributed by atoms with Crippen molar-refractivity contribution in [3.63, 3.8) is 0 Å². The van der Waals surface area contributed by atoms with Crippen LogP contribution in [0.15, 0.2) is 24.3 Å². The predicted octanol–water partition coefficient (Wildman–Crippen LogP) is 3.54. The Morgan fingerprint density at radius 3 is 2.20 bits per heavy atom. The van der Waals surface area contributed by atoms with Crippen LogP contribution < -0.4 is 4.74 Å². The van der Waals surface area contributed by atoms with Crippen LogP contribution in [0.5, 0.6) is 5.75 Å². The van der Waals surface area contributed by atoms with Crippen molar-refractivity contribution in [1.82, 2.24) is 0 Å². The molecular weight excluding hydrogens is 418 g/mol. The smallest absolute Gasteiger partial charge is 0.699 e. The van der Waals surface area contributed by atoms with Crippen LogP contribution >= 0.6 is 0 Å². The normalized spacial score (nSPS) is 8.20. The molecule has 0 heterocycles. The minimum absolute atomic E-state index is 0. The fourth-order valence-corrected chi connectivity index (χ4v) is 0.771. The summed E-state index contributed by atoms with van der Waals surface area (Å²) in [4.78, 5) is 0. The van der Waals surface area contributed by atoms with Crippen LogP contribution in [0, 0.1) is 31.1 Å². The summed E-state index contributed by atoms with van der Waals surface area (Å²) in [6.45, 7) is 2.82. The molecule has 15 heavy (non-hydrogen) atoms. The molecule has 0 atom stereocenters. The van der Waals surface area contributed by atoms with E-state index in [0.717, 1.165) is 18.8 Å². The first kappa shape index (κ1) is 17.2. The molecule has 0 saturated heterocycles. The Hall–Kier alpha value is -0.208. The summed E-state index contributed by atoms with van der Waals surface area (Å²) < 4.78 is 5.33. The Bertz CT molecular complexity index is 229. The van der Waals surface area contributed by atoms with Crippen molar-refractivity contribution < 1.29 is 41.1 Å². The summed E-state index contributed by atoms with van der Waals surface area (Å²) in [7, 11) is 1.31. The third-order valence-corrected chi connectivity index (χ3v) is 1.33. The van der Waals surface area contributed by atoms with Crippen molar-refractivity contribution in [3.05, 3.63) is 35.5 Å². The van der Waals surface area contributed by atoms with E-state index in [1.54, 1.807) is 12.1 Å². The van der Waals surface area contributed by atoms with Crippen molar-refractivity contribution >= 4 is 5.69 Å². The molecule has 1 aromatic carbocycles. The number of hydrogen-bond donors (Lipinski definition) is 1. The van der Waals surface area contributed by atoms with E-state index in [9.17, 15) is 0 Å². The maximum absolute atomic E-state index is 7.21. The summed E-state index contributed by atoms with van der Waals surface area (Å²) in [5.41, 5.74) is 10.2. The van der Waals surface area contributed by atoms with E-state index in [1.807, 2.05) is 12.1 Å². The molecule has 1 aromatic rings. The minimum Gasteiger partial charge on any atom is -0.699 e. The van der Waals surface area contributed by atoms with Gasteiger partial charge in [-0.15, -0.1) is 12.7 Å². The topological polar surface area (TPSA) is 67.4 Å². The monoisotopic (exact) mass is 434 g/mol. The quantitative estimate of drug-likeness (QED) is 0.740. The molecule has 82 valence electrons. The molecular formula is C10H16N2O2U. The average molecular weight is 434 g/mol. The van der Waals surface area contributed by atoms with Gasteiger partial charge < -0.3 is 21.2 Å².